The quantitative estimate of drug-likeness (QED) is 0.527. The maximum atomic E-state index is 12.8. The number of nitrogens with one attached hydrogen (secondary N) is 1. The maximum Gasteiger partial charge on any atom is 0.412 e. The van der Waals surface area contributed by atoms with Gasteiger partial charge >= 0.3 is 6.09 Å². The van der Waals surface area contributed by atoms with Crippen molar-refractivity contribution in [2.75, 3.05) is 32.7 Å². The van der Waals surface area contributed by atoms with Gasteiger partial charge in [0, 0.05) is 61.8 Å². The highest BCUT2D eigenvalue weighted by Crippen LogP contribution is 2.37. The fourth-order valence-corrected chi connectivity index (χ4v) is 4.40. The van der Waals surface area contributed by atoms with Crippen LogP contribution in [0.3, 0.4) is 0 Å². The number of hydrogen-bond acceptors (Lipinski definition) is 5. The number of hydrogen-bond donors (Lipinski definition) is 1. The van der Waals surface area contributed by atoms with E-state index in [9.17, 15) is 4.79 Å². The van der Waals surface area contributed by atoms with Crippen LogP contribution in [0.5, 0.6) is 5.75 Å². The van der Waals surface area contributed by atoms with E-state index in [4.69, 9.17) is 9.72 Å². The molecule has 1 saturated heterocycles. The number of amides is 1. The van der Waals surface area contributed by atoms with Crippen LogP contribution in [0.4, 0.5) is 4.79 Å². The molecule has 1 amide bonds. The molecule has 1 aliphatic heterocycles. The van der Waals surface area contributed by atoms with Crippen molar-refractivity contribution in [1.29, 1.82) is 0 Å². The van der Waals surface area contributed by atoms with Crippen molar-refractivity contribution in [2.45, 2.75) is 40.3 Å². The number of nitrogens with zero attached hydrogens (tertiary/aromatic N) is 3. The molecular formula is C28H36N4O2. The lowest BCUT2D eigenvalue weighted by molar-refractivity contribution is 0.103. The Bertz CT molecular complexity index is 1110. The fraction of sp³-hybridized carbons (Fsp3) is 0.429. The van der Waals surface area contributed by atoms with E-state index in [1.54, 1.807) is 0 Å². The van der Waals surface area contributed by atoms with Crippen molar-refractivity contribution in [3.8, 4) is 17.0 Å². The first-order chi connectivity index (χ1) is 16.4. The number of fused-ring (bicyclic) bond motifs is 1. The lowest BCUT2D eigenvalue weighted by Gasteiger charge is -2.37. The molecule has 0 radical (unpaired) electrons. The maximum absolute atomic E-state index is 12.8. The highest BCUT2D eigenvalue weighted by molar-refractivity contribution is 5.92. The third kappa shape index (κ3) is 5.75. The van der Waals surface area contributed by atoms with Crippen molar-refractivity contribution in [3.63, 3.8) is 0 Å². The number of pyridine rings is 1. The lowest BCUT2D eigenvalue weighted by atomic mass is 10.0. The van der Waals surface area contributed by atoms with Gasteiger partial charge < -0.3 is 10.1 Å². The molecule has 0 bridgehead atoms. The Labute approximate surface area is 202 Å². The van der Waals surface area contributed by atoms with Crippen molar-refractivity contribution in [2.24, 2.45) is 5.92 Å². The number of aromatic nitrogens is 1. The van der Waals surface area contributed by atoms with Gasteiger partial charge in [-0.1, -0.05) is 56.3 Å². The molecular weight excluding hydrogens is 424 g/mol. The monoisotopic (exact) mass is 460 g/mol. The van der Waals surface area contributed by atoms with Crippen molar-refractivity contribution >= 4 is 17.0 Å². The Balaban J connectivity index is 1.75. The second kappa shape index (κ2) is 11.0. The van der Waals surface area contributed by atoms with Gasteiger partial charge in [0.15, 0.2) is 0 Å². The molecule has 1 N–H and O–H groups in total. The summed E-state index contributed by atoms with van der Waals surface area (Å²) in [6.07, 6.45) is -0.421. The number of para-hydroxylation sites is 1. The Morgan fingerprint density at radius 3 is 2.32 bits per heavy atom. The van der Waals surface area contributed by atoms with Gasteiger partial charge in [-0.3, -0.25) is 9.80 Å². The molecule has 1 aliphatic rings. The normalized spacial score (nSPS) is 15.2. The molecule has 0 unspecified atom stereocenters. The molecule has 0 spiro atoms. The first kappa shape index (κ1) is 24.2. The summed E-state index contributed by atoms with van der Waals surface area (Å²) in [4.78, 5) is 22.8. The summed E-state index contributed by atoms with van der Waals surface area (Å²) in [6, 6.07) is 18.6. The Hall–Kier alpha value is -2.96. The van der Waals surface area contributed by atoms with Gasteiger partial charge in [-0.05, 0) is 31.9 Å². The van der Waals surface area contributed by atoms with Crippen molar-refractivity contribution in [3.05, 3.63) is 60.2 Å². The number of ether oxygens (including phenoxy) is 1. The van der Waals surface area contributed by atoms with Gasteiger partial charge in [-0.15, -0.1) is 0 Å². The largest absolute Gasteiger partial charge is 0.412 e. The van der Waals surface area contributed by atoms with Crippen LogP contribution >= 0.6 is 0 Å². The molecule has 180 valence electrons. The van der Waals surface area contributed by atoms with Crippen LogP contribution in [0.1, 0.15) is 33.3 Å². The minimum Gasteiger partial charge on any atom is -0.409 e. The van der Waals surface area contributed by atoms with Crippen LogP contribution in [0.15, 0.2) is 54.6 Å². The molecule has 6 heteroatoms. The second-order valence-electron chi connectivity index (χ2n) is 9.72. The molecule has 2 heterocycles. The molecule has 4 rings (SSSR count). The van der Waals surface area contributed by atoms with Crippen LogP contribution in [-0.4, -0.2) is 59.6 Å². The standard InChI is InChI=1S/C28H36N4O2/c1-20(2)18-29-28(33)34-27-23-12-8-9-13-25(23)30-26(22-10-6-5-7-11-22)24(27)19-31-14-16-32(17-15-31)21(3)4/h5-13,20-21H,14-19H2,1-4H3,(H,29,33). The van der Waals surface area contributed by atoms with Gasteiger partial charge in [-0.25, -0.2) is 9.78 Å². The molecule has 0 saturated carbocycles. The smallest absolute Gasteiger partial charge is 0.409 e. The third-order valence-corrected chi connectivity index (χ3v) is 6.36. The van der Waals surface area contributed by atoms with Crippen LogP contribution in [-0.2, 0) is 6.54 Å². The van der Waals surface area contributed by atoms with Gasteiger partial charge in [-0.2, -0.15) is 0 Å². The zero-order valence-electron chi connectivity index (χ0n) is 20.8. The number of rotatable bonds is 7. The minimum atomic E-state index is -0.421. The molecule has 3 aromatic rings. The third-order valence-electron chi connectivity index (χ3n) is 6.36. The first-order valence-corrected chi connectivity index (χ1v) is 12.3. The average molecular weight is 461 g/mol. The van der Waals surface area contributed by atoms with Crippen LogP contribution < -0.4 is 10.1 Å². The van der Waals surface area contributed by atoms with E-state index in [1.165, 1.54) is 0 Å². The molecule has 1 aromatic heterocycles. The SMILES string of the molecule is CC(C)CNC(=O)Oc1c(CN2CCN(C(C)C)CC2)c(-c2ccccc2)nc2ccccc12. The topological polar surface area (TPSA) is 57.7 Å². The van der Waals surface area contributed by atoms with Crippen LogP contribution in [0.2, 0.25) is 0 Å². The molecule has 2 aromatic carbocycles. The summed E-state index contributed by atoms with van der Waals surface area (Å²) in [6.45, 7) is 13.9. The number of piperazine rings is 1. The summed E-state index contributed by atoms with van der Waals surface area (Å²) in [7, 11) is 0. The van der Waals surface area contributed by atoms with E-state index in [2.05, 4.69) is 54.9 Å². The van der Waals surface area contributed by atoms with E-state index in [0.717, 1.165) is 53.9 Å². The molecule has 1 fully saturated rings. The second-order valence-corrected chi connectivity index (χ2v) is 9.72. The van der Waals surface area contributed by atoms with Gasteiger partial charge in [0.2, 0.25) is 0 Å². The summed E-state index contributed by atoms with van der Waals surface area (Å²) < 4.78 is 6.05. The molecule has 0 atom stereocenters. The summed E-state index contributed by atoms with van der Waals surface area (Å²) in [5, 5.41) is 3.76. The zero-order chi connectivity index (χ0) is 24.1. The predicted octanol–water partition coefficient (Wildman–Crippen LogP) is 5.17. The summed E-state index contributed by atoms with van der Waals surface area (Å²) in [5.41, 5.74) is 3.68. The van der Waals surface area contributed by atoms with Crippen molar-refractivity contribution < 1.29 is 9.53 Å². The van der Waals surface area contributed by atoms with E-state index >= 15 is 0 Å². The highest BCUT2D eigenvalue weighted by atomic mass is 16.6. The van der Waals surface area contributed by atoms with E-state index < -0.39 is 6.09 Å². The summed E-state index contributed by atoms with van der Waals surface area (Å²) >= 11 is 0. The Morgan fingerprint density at radius 2 is 1.65 bits per heavy atom. The number of carbonyl (C=O) groups is 1. The number of benzene rings is 2. The molecule has 34 heavy (non-hydrogen) atoms. The fourth-order valence-electron chi connectivity index (χ4n) is 4.40. The van der Waals surface area contributed by atoms with E-state index in [1.807, 2.05) is 42.5 Å². The Kier molecular flexibility index (Phi) is 7.80. The van der Waals surface area contributed by atoms with E-state index in [0.29, 0.717) is 30.8 Å². The summed E-state index contributed by atoms with van der Waals surface area (Å²) in [5.74, 6) is 0.954. The average Bonchev–Trinajstić information content (AvgIpc) is 2.84. The zero-order valence-corrected chi connectivity index (χ0v) is 20.8. The van der Waals surface area contributed by atoms with Crippen molar-refractivity contribution in [1.82, 2.24) is 20.1 Å². The van der Waals surface area contributed by atoms with Gasteiger partial charge in [0.1, 0.15) is 5.75 Å². The van der Waals surface area contributed by atoms with Gasteiger partial charge in [0.05, 0.1) is 11.2 Å². The lowest BCUT2D eigenvalue weighted by Crippen LogP contribution is -2.48. The van der Waals surface area contributed by atoms with Crippen LogP contribution in [0, 0.1) is 5.92 Å². The predicted molar refractivity (Wildman–Crippen MR) is 138 cm³/mol. The van der Waals surface area contributed by atoms with E-state index in [-0.39, 0.29) is 0 Å². The van der Waals surface area contributed by atoms with Crippen LogP contribution in [0.25, 0.3) is 22.2 Å². The molecule has 0 aliphatic carbocycles. The minimum absolute atomic E-state index is 0.346. The highest BCUT2D eigenvalue weighted by Gasteiger charge is 2.25. The number of carbonyl (C=O) groups excluding carboxylic acids is 1. The first-order valence-electron chi connectivity index (χ1n) is 12.3. The molecule has 6 nitrogen and oxygen atoms in total. The Morgan fingerprint density at radius 1 is 0.971 bits per heavy atom. The van der Waals surface area contributed by atoms with Gasteiger partial charge in [0.25, 0.3) is 0 Å².